The lowest BCUT2D eigenvalue weighted by molar-refractivity contribution is -0.134. The predicted molar refractivity (Wildman–Crippen MR) is 86.5 cm³/mol. The van der Waals surface area contributed by atoms with Crippen molar-refractivity contribution < 1.29 is 24.9 Å². The molecule has 7 heteroatoms. The van der Waals surface area contributed by atoms with Crippen molar-refractivity contribution in [2.45, 2.75) is 31.9 Å². The van der Waals surface area contributed by atoms with Crippen molar-refractivity contribution in [1.29, 1.82) is 0 Å². The third-order valence-corrected chi connectivity index (χ3v) is 2.98. The molecular weight excluding hydrogens is 300 g/mol. The van der Waals surface area contributed by atoms with Gasteiger partial charge >= 0.3 is 11.9 Å². The maximum absolute atomic E-state index is 10.2. The van der Waals surface area contributed by atoms with Gasteiger partial charge in [-0.1, -0.05) is 43.7 Å². The Kier molecular flexibility index (Phi) is 10.3. The molecule has 1 rings (SSSR count). The third-order valence-electron chi connectivity index (χ3n) is 2.98. The molecule has 5 N–H and O–H groups in total. The van der Waals surface area contributed by atoms with Crippen LogP contribution in [-0.4, -0.2) is 45.4 Å². The highest BCUT2D eigenvalue weighted by Crippen LogP contribution is 2.21. The minimum atomic E-state index is -1.26. The van der Waals surface area contributed by atoms with E-state index < -0.39 is 18.0 Å². The maximum Gasteiger partial charge on any atom is 0.328 e. The summed E-state index contributed by atoms with van der Waals surface area (Å²) in [5.41, 5.74) is 0.924. The molecule has 128 valence electrons. The van der Waals surface area contributed by atoms with Crippen LogP contribution in [-0.2, 0) is 9.59 Å². The molecule has 0 spiro atoms. The summed E-state index contributed by atoms with van der Waals surface area (Å²) < 4.78 is 0. The second-order valence-corrected chi connectivity index (χ2v) is 4.89. The highest BCUT2D eigenvalue weighted by Gasteiger charge is 2.22. The van der Waals surface area contributed by atoms with Gasteiger partial charge in [-0.3, -0.25) is 5.84 Å². The maximum atomic E-state index is 10.2. The van der Waals surface area contributed by atoms with Crippen molar-refractivity contribution in [2.75, 3.05) is 7.05 Å². The molecule has 1 aromatic carbocycles. The smallest absolute Gasteiger partial charge is 0.328 e. The number of carboxylic acids is 2. The number of rotatable bonds is 7. The third kappa shape index (κ3) is 9.41. The fourth-order valence-corrected chi connectivity index (χ4v) is 1.89. The van der Waals surface area contributed by atoms with Gasteiger partial charge < -0.3 is 15.3 Å². The van der Waals surface area contributed by atoms with Crippen molar-refractivity contribution in [3.63, 3.8) is 0 Å². The number of nitrogens with two attached hydrogens (primary N) is 1. The van der Waals surface area contributed by atoms with E-state index in [1.165, 1.54) is 0 Å². The summed E-state index contributed by atoms with van der Waals surface area (Å²) in [6, 6.07) is 9.64. The molecule has 0 aliphatic rings. The van der Waals surface area contributed by atoms with Crippen molar-refractivity contribution in [3.8, 4) is 0 Å². The molecule has 0 amide bonds. The van der Waals surface area contributed by atoms with Crippen LogP contribution in [0.15, 0.2) is 42.5 Å². The van der Waals surface area contributed by atoms with Gasteiger partial charge in [0.25, 0.3) is 0 Å². The molecule has 0 aliphatic carbocycles. The van der Waals surface area contributed by atoms with Crippen LogP contribution in [0.4, 0.5) is 0 Å². The fourth-order valence-electron chi connectivity index (χ4n) is 1.89. The number of aliphatic hydroxyl groups is 1. The van der Waals surface area contributed by atoms with Gasteiger partial charge in [0.1, 0.15) is 0 Å². The number of benzene rings is 1. The van der Waals surface area contributed by atoms with Crippen LogP contribution in [0, 0.1) is 0 Å². The Morgan fingerprint density at radius 2 is 1.65 bits per heavy atom. The number of hydrogen-bond acceptors (Lipinski definition) is 5. The van der Waals surface area contributed by atoms with Crippen molar-refractivity contribution in [2.24, 2.45) is 5.84 Å². The number of carbonyl (C=O) groups is 2. The molecule has 0 saturated heterocycles. The predicted octanol–water partition coefficient (Wildman–Crippen LogP) is 1.41. The Morgan fingerprint density at radius 1 is 1.17 bits per heavy atom. The first-order chi connectivity index (χ1) is 10.8. The van der Waals surface area contributed by atoms with Crippen molar-refractivity contribution in [1.82, 2.24) is 5.01 Å². The zero-order valence-electron chi connectivity index (χ0n) is 13.3. The van der Waals surface area contributed by atoms with Crippen LogP contribution in [0.2, 0.25) is 0 Å². The summed E-state index contributed by atoms with van der Waals surface area (Å²) in [6.07, 6.45) is 2.50. The van der Waals surface area contributed by atoms with Gasteiger partial charge in [0, 0.05) is 19.2 Å². The molecule has 0 radical (unpaired) electrons. The Hall–Kier alpha value is -2.22. The van der Waals surface area contributed by atoms with Crippen molar-refractivity contribution >= 4 is 11.9 Å². The molecule has 7 nitrogen and oxygen atoms in total. The van der Waals surface area contributed by atoms with Gasteiger partial charge in [0.15, 0.2) is 0 Å². The average molecular weight is 324 g/mol. The molecule has 1 unspecified atom stereocenters. The number of nitrogens with zero attached hydrogens (tertiary/aromatic N) is 1. The SMILES string of the molecule is CCC[C@H](C(O)c1ccccc1)N(C)N.O=C(O)/C=C/C(=O)O. The Labute approximate surface area is 135 Å². The summed E-state index contributed by atoms with van der Waals surface area (Å²) in [4.78, 5) is 19.1. The largest absolute Gasteiger partial charge is 0.478 e. The molecule has 0 bridgehead atoms. The first kappa shape index (κ1) is 20.8. The van der Waals surface area contributed by atoms with Gasteiger partial charge in [-0.25, -0.2) is 14.6 Å². The van der Waals surface area contributed by atoms with Crippen LogP contribution in [0.5, 0.6) is 0 Å². The van der Waals surface area contributed by atoms with E-state index in [9.17, 15) is 14.7 Å². The summed E-state index contributed by atoms with van der Waals surface area (Å²) in [6.45, 7) is 2.09. The fraction of sp³-hybridized carbons (Fsp3) is 0.375. The topological polar surface area (TPSA) is 124 Å². The molecule has 1 aromatic rings. The number of likely N-dealkylation sites (N-methyl/N-ethyl adjacent to an activating group) is 1. The van der Waals surface area contributed by atoms with E-state index >= 15 is 0 Å². The van der Waals surface area contributed by atoms with Crippen LogP contribution in [0.3, 0.4) is 0 Å². The highest BCUT2D eigenvalue weighted by atomic mass is 16.4. The second-order valence-electron chi connectivity index (χ2n) is 4.89. The van der Waals surface area contributed by atoms with E-state index in [4.69, 9.17) is 16.1 Å². The summed E-state index contributed by atoms with van der Waals surface area (Å²) in [5.74, 6) is 3.22. The Bertz CT molecular complexity index is 486. The van der Waals surface area contributed by atoms with E-state index in [0.717, 1.165) is 18.4 Å². The van der Waals surface area contributed by atoms with Crippen molar-refractivity contribution in [3.05, 3.63) is 48.0 Å². The Morgan fingerprint density at radius 3 is 2.00 bits per heavy atom. The number of hydrogen-bond donors (Lipinski definition) is 4. The molecule has 0 aliphatic heterocycles. The zero-order chi connectivity index (χ0) is 17.8. The first-order valence-corrected chi connectivity index (χ1v) is 7.14. The molecule has 0 aromatic heterocycles. The van der Waals surface area contributed by atoms with E-state index in [1.54, 1.807) is 12.1 Å². The van der Waals surface area contributed by atoms with E-state index in [1.807, 2.05) is 30.3 Å². The highest BCUT2D eigenvalue weighted by molar-refractivity contribution is 5.89. The molecule has 2 atom stereocenters. The van der Waals surface area contributed by atoms with E-state index in [2.05, 4.69) is 6.92 Å². The minimum absolute atomic E-state index is 0.0163. The average Bonchev–Trinajstić information content (AvgIpc) is 2.51. The lowest BCUT2D eigenvalue weighted by Gasteiger charge is -2.28. The van der Waals surface area contributed by atoms with Gasteiger partial charge in [-0.05, 0) is 12.0 Å². The standard InChI is InChI=1S/C12H20N2O.C4H4O4/c1-3-7-11(14(2)13)12(15)10-8-5-4-6-9-10;5-3(6)1-2-4(7)8/h4-6,8-9,11-12,15H,3,7,13H2,1-2H3;1-2H,(H,5,6)(H,7,8)/b;2-1+/t11-,12?;/m1./s1. The second kappa shape index (κ2) is 11.4. The molecule has 23 heavy (non-hydrogen) atoms. The Balaban J connectivity index is 0.000000515. The monoisotopic (exact) mass is 324 g/mol. The normalized spacial score (nSPS) is 13.3. The number of hydrazine groups is 1. The van der Waals surface area contributed by atoms with Gasteiger partial charge in [0.2, 0.25) is 0 Å². The number of carboxylic acid groups (broad SMARTS) is 2. The van der Waals surface area contributed by atoms with E-state index in [0.29, 0.717) is 12.2 Å². The molecule has 0 heterocycles. The lowest BCUT2D eigenvalue weighted by atomic mass is 9.98. The first-order valence-electron chi connectivity index (χ1n) is 7.14. The van der Waals surface area contributed by atoms with Gasteiger partial charge in [0.05, 0.1) is 12.1 Å². The van der Waals surface area contributed by atoms with Crippen LogP contribution >= 0.6 is 0 Å². The quantitative estimate of drug-likeness (QED) is 0.339. The zero-order valence-corrected chi connectivity index (χ0v) is 13.3. The summed E-state index contributed by atoms with van der Waals surface area (Å²) in [5, 5.41) is 27.4. The van der Waals surface area contributed by atoms with Crippen LogP contribution in [0.25, 0.3) is 0 Å². The van der Waals surface area contributed by atoms with Crippen LogP contribution < -0.4 is 5.84 Å². The summed E-state index contributed by atoms with van der Waals surface area (Å²) in [7, 11) is 1.80. The lowest BCUT2D eigenvalue weighted by Crippen LogP contribution is -2.41. The minimum Gasteiger partial charge on any atom is -0.478 e. The number of aliphatic carboxylic acids is 2. The van der Waals surface area contributed by atoms with Crippen LogP contribution in [0.1, 0.15) is 31.4 Å². The van der Waals surface area contributed by atoms with Gasteiger partial charge in [-0.15, -0.1) is 0 Å². The molecular formula is C16H24N2O5. The van der Waals surface area contributed by atoms with E-state index in [-0.39, 0.29) is 6.04 Å². The summed E-state index contributed by atoms with van der Waals surface area (Å²) >= 11 is 0. The van der Waals surface area contributed by atoms with Gasteiger partial charge in [-0.2, -0.15) is 0 Å². The molecule has 0 saturated carbocycles. The number of aliphatic hydroxyl groups excluding tert-OH is 1. The molecule has 0 fully saturated rings.